The number of halogens is 1. The van der Waals surface area contributed by atoms with E-state index in [1.807, 2.05) is 20.8 Å². The number of hydrogen-bond acceptors (Lipinski definition) is 4. The zero-order chi connectivity index (χ0) is 18.8. The number of carbonyl (C=O) groups is 1. The zero-order valence-corrected chi connectivity index (χ0v) is 19.3. The molecule has 0 N–H and O–H groups in total. The Hall–Kier alpha value is -0.613. The molecular weight excluding hydrogens is 449 g/mol. The summed E-state index contributed by atoms with van der Waals surface area (Å²) in [5, 5.41) is 0. The number of imidazole rings is 1. The van der Waals surface area contributed by atoms with Crippen LogP contribution in [0.5, 0.6) is 0 Å². The van der Waals surface area contributed by atoms with Crippen LogP contribution in [0.3, 0.4) is 0 Å². The van der Waals surface area contributed by atoms with Crippen LogP contribution < -0.4 is 0 Å². The van der Waals surface area contributed by atoms with Crippen molar-refractivity contribution in [2.24, 2.45) is 0 Å². The van der Waals surface area contributed by atoms with Gasteiger partial charge in [0, 0.05) is 50.2 Å². The molecule has 0 fully saturated rings. The monoisotopic (exact) mass is 479 g/mol. The third kappa shape index (κ3) is 6.25. The molecule has 0 saturated heterocycles. The summed E-state index contributed by atoms with van der Waals surface area (Å²) < 4.78 is 14.4. The van der Waals surface area contributed by atoms with Gasteiger partial charge in [0.15, 0.2) is 3.83 Å². The predicted octanol–water partition coefficient (Wildman–Crippen LogP) is 4.09. The summed E-state index contributed by atoms with van der Waals surface area (Å²) in [5.41, 5.74) is 1.65. The Morgan fingerprint density at radius 3 is 2.60 bits per heavy atom. The van der Waals surface area contributed by atoms with E-state index in [4.69, 9.17) is 9.47 Å². The smallest absolute Gasteiger partial charge is 0.410 e. The molecule has 0 aromatic carbocycles. The Morgan fingerprint density at radius 1 is 1.32 bits per heavy atom. The van der Waals surface area contributed by atoms with E-state index in [-0.39, 0.29) is 6.09 Å². The lowest BCUT2D eigenvalue weighted by Crippen LogP contribution is -2.40. The van der Waals surface area contributed by atoms with Crippen LogP contribution in [-0.2, 0) is 29.2 Å². The topological polar surface area (TPSA) is 56.6 Å². The molecule has 1 aliphatic rings. The lowest BCUT2D eigenvalue weighted by Gasteiger charge is -2.30. The molecule has 2 heterocycles. The Bertz CT molecular complexity index is 620. The molecule has 6 nitrogen and oxygen atoms in total. The van der Waals surface area contributed by atoms with Crippen LogP contribution in [0, 0.1) is 3.83 Å². The number of aromatic nitrogens is 2. The van der Waals surface area contributed by atoms with Gasteiger partial charge in [-0.25, -0.2) is 9.78 Å². The van der Waals surface area contributed by atoms with Crippen molar-refractivity contribution in [3.05, 3.63) is 15.2 Å². The number of hydrogen-bond donors (Lipinski definition) is 0. The highest BCUT2D eigenvalue weighted by atomic mass is 127. The first-order valence-corrected chi connectivity index (χ1v) is 13.5. The van der Waals surface area contributed by atoms with E-state index in [1.54, 1.807) is 4.90 Å². The number of rotatable bonds is 5. The molecule has 0 bridgehead atoms. The molecule has 0 atom stereocenters. The summed E-state index contributed by atoms with van der Waals surface area (Å²) in [7, 11) is -1.09. The minimum Gasteiger partial charge on any atom is -0.444 e. The molecule has 142 valence electrons. The van der Waals surface area contributed by atoms with Crippen LogP contribution in [-0.4, -0.2) is 47.4 Å². The molecule has 0 unspecified atom stereocenters. The molecule has 1 aromatic rings. The molecule has 1 aliphatic heterocycles. The van der Waals surface area contributed by atoms with E-state index in [0.717, 1.165) is 34.3 Å². The third-order valence-corrected chi connectivity index (χ3v) is 6.46. The van der Waals surface area contributed by atoms with E-state index >= 15 is 0 Å². The average Bonchev–Trinajstić information content (AvgIpc) is 2.75. The Balaban J connectivity index is 2.01. The highest BCUT2D eigenvalue weighted by Gasteiger charge is 2.29. The highest BCUT2D eigenvalue weighted by molar-refractivity contribution is 14.1. The number of fused-ring (bicyclic) bond motifs is 1. The van der Waals surface area contributed by atoms with Gasteiger partial charge in [-0.05, 0) is 26.8 Å². The maximum atomic E-state index is 12.4. The maximum Gasteiger partial charge on any atom is 0.410 e. The largest absolute Gasteiger partial charge is 0.444 e. The fourth-order valence-electron chi connectivity index (χ4n) is 2.53. The van der Waals surface area contributed by atoms with Crippen molar-refractivity contribution < 1.29 is 14.3 Å². The van der Waals surface area contributed by atoms with Gasteiger partial charge in [-0.2, -0.15) is 0 Å². The second-order valence-corrected chi connectivity index (χ2v) is 15.3. The van der Waals surface area contributed by atoms with Crippen LogP contribution in [0.15, 0.2) is 0 Å². The molecule has 0 radical (unpaired) electrons. The number of nitrogens with zero attached hydrogens (tertiary/aromatic N) is 3. The highest BCUT2D eigenvalue weighted by Crippen LogP contribution is 2.23. The van der Waals surface area contributed by atoms with Gasteiger partial charge in [-0.3, -0.25) is 4.57 Å². The molecule has 25 heavy (non-hydrogen) atoms. The van der Waals surface area contributed by atoms with Crippen molar-refractivity contribution in [1.82, 2.24) is 14.5 Å². The lowest BCUT2D eigenvalue weighted by atomic mass is 10.1. The summed E-state index contributed by atoms with van der Waals surface area (Å²) in [6.45, 7) is 15.1. The fourth-order valence-corrected chi connectivity index (χ4v) is 4.01. The van der Waals surface area contributed by atoms with Crippen molar-refractivity contribution in [1.29, 1.82) is 0 Å². The molecule has 2 rings (SSSR count). The molecule has 1 aromatic heterocycles. The van der Waals surface area contributed by atoms with Gasteiger partial charge in [-0.1, -0.05) is 19.6 Å². The first kappa shape index (κ1) is 20.7. The second-order valence-electron chi connectivity index (χ2n) is 8.70. The minimum atomic E-state index is -1.09. The lowest BCUT2D eigenvalue weighted by molar-refractivity contribution is 0.0208. The third-order valence-electron chi connectivity index (χ3n) is 3.94. The van der Waals surface area contributed by atoms with Crippen molar-refractivity contribution in [3.63, 3.8) is 0 Å². The molecule has 0 spiro atoms. The SMILES string of the molecule is CC(C)(C)OC(=O)N1CCc2nc(I)n(COCC[Si](C)(C)C)c2C1. The van der Waals surface area contributed by atoms with Gasteiger partial charge < -0.3 is 14.4 Å². The minimum absolute atomic E-state index is 0.263. The Morgan fingerprint density at radius 2 is 2.00 bits per heavy atom. The van der Waals surface area contributed by atoms with Crippen LogP contribution in [0.1, 0.15) is 32.2 Å². The van der Waals surface area contributed by atoms with Gasteiger partial charge in [0.2, 0.25) is 0 Å². The molecule has 1 amide bonds. The molecule has 0 aliphatic carbocycles. The van der Waals surface area contributed by atoms with E-state index < -0.39 is 13.7 Å². The maximum absolute atomic E-state index is 12.4. The Labute approximate surface area is 165 Å². The summed E-state index contributed by atoms with van der Waals surface area (Å²) in [6.07, 6.45) is 0.493. The average molecular weight is 479 g/mol. The first-order chi connectivity index (χ1) is 11.5. The van der Waals surface area contributed by atoms with Crippen LogP contribution in [0.25, 0.3) is 0 Å². The summed E-state index contributed by atoms with van der Waals surface area (Å²) in [5.74, 6) is 0. The quantitative estimate of drug-likeness (QED) is 0.363. The summed E-state index contributed by atoms with van der Waals surface area (Å²) >= 11 is 2.24. The van der Waals surface area contributed by atoms with Gasteiger partial charge in [0.05, 0.1) is 17.9 Å². The summed E-state index contributed by atoms with van der Waals surface area (Å²) in [4.78, 5) is 18.8. The fraction of sp³-hybridized carbons (Fsp3) is 0.765. The molecule has 0 saturated carbocycles. The van der Waals surface area contributed by atoms with Crippen LogP contribution >= 0.6 is 22.6 Å². The molecular formula is C17H30IN3O3Si. The summed E-state index contributed by atoms with van der Waals surface area (Å²) in [6, 6.07) is 1.14. The number of carbonyl (C=O) groups excluding carboxylic acids is 1. The zero-order valence-electron chi connectivity index (χ0n) is 16.2. The van der Waals surface area contributed by atoms with Crippen molar-refractivity contribution >= 4 is 36.8 Å². The first-order valence-electron chi connectivity index (χ1n) is 8.76. The predicted molar refractivity (Wildman–Crippen MR) is 109 cm³/mol. The van der Waals surface area contributed by atoms with Crippen LogP contribution in [0.2, 0.25) is 25.7 Å². The van der Waals surface area contributed by atoms with E-state index in [1.165, 1.54) is 0 Å². The van der Waals surface area contributed by atoms with Crippen LogP contribution in [0.4, 0.5) is 4.79 Å². The van der Waals surface area contributed by atoms with Gasteiger partial charge in [-0.15, -0.1) is 0 Å². The van der Waals surface area contributed by atoms with Crippen molar-refractivity contribution in [2.45, 2.75) is 71.8 Å². The molecule has 8 heteroatoms. The van der Waals surface area contributed by atoms with E-state index in [0.29, 0.717) is 19.8 Å². The number of ether oxygens (including phenoxy) is 2. The standard InChI is InChI=1S/C17H30IN3O3Si/c1-17(2,3)24-16(22)20-8-7-13-14(11-20)21(15(18)19-13)12-23-9-10-25(4,5)6/h7-12H2,1-6H3. The van der Waals surface area contributed by atoms with E-state index in [2.05, 4.69) is 51.8 Å². The second kappa shape index (κ2) is 7.95. The van der Waals surface area contributed by atoms with E-state index in [9.17, 15) is 4.79 Å². The van der Waals surface area contributed by atoms with Gasteiger partial charge >= 0.3 is 6.09 Å². The number of amides is 1. The van der Waals surface area contributed by atoms with Crippen molar-refractivity contribution in [3.8, 4) is 0 Å². The normalized spacial score (nSPS) is 15.2. The Kier molecular flexibility index (Phi) is 6.58. The van der Waals surface area contributed by atoms with Gasteiger partial charge in [0.25, 0.3) is 0 Å². The van der Waals surface area contributed by atoms with Gasteiger partial charge in [0.1, 0.15) is 12.3 Å². The van der Waals surface area contributed by atoms with Crippen molar-refractivity contribution in [2.75, 3.05) is 13.2 Å².